The van der Waals surface area contributed by atoms with E-state index in [0.717, 1.165) is 29.7 Å². The van der Waals surface area contributed by atoms with E-state index in [1.54, 1.807) is 12.4 Å². The number of amides is 1. The number of nitrogens with zero attached hydrogens (tertiary/aromatic N) is 4. The minimum atomic E-state index is 0.0721. The van der Waals surface area contributed by atoms with Crippen LogP contribution in [-0.2, 0) is 0 Å². The maximum atomic E-state index is 12.8. The highest BCUT2D eigenvalue weighted by Crippen LogP contribution is 2.20. The maximum Gasteiger partial charge on any atom is 0.254 e. The van der Waals surface area contributed by atoms with Crippen LogP contribution in [0.3, 0.4) is 0 Å². The SMILES string of the molecule is O=C(c1cccc2[nH]ncc12)N1CCN(c2cccnc2)CC1. The molecule has 3 aromatic rings. The summed E-state index contributed by atoms with van der Waals surface area (Å²) in [6.45, 7) is 3.06. The van der Waals surface area contributed by atoms with Crippen molar-refractivity contribution in [3.8, 4) is 0 Å². The lowest BCUT2D eigenvalue weighted by atomic mass is 10.1. The summed E-state index contributed by atoms with van der Waals surface area (Å²) < 4.78 is 0. The fourth-order valence-corrected chi connectivity index (χ4v) is 3.03. The van der Waals surface area contributed by atoms with Crippen LogP contribution >= 0.6 is 0 Å². The second-order valence-corrected chi connectivity index (χ2v) is 5.63. The predicted molar refractivity (Wildman–Crippen MR) is 88.4 cm³/mol. The molecule has 0 atom stereocenters. The zero-order valence-electron chi connectivity index (χ0n) is 12.6. The zero-order chi connectivity index (χ0) is 15.6. The van der Waals surface area contributed by atoms with Crippen LogP contribution in [0.25, 0.3) is 10.9 Å². The Balaban J connectivity index is 1.50. The van der Waals surface area contributed by atoms with Crippen LogP contribution in [0.4, 0.5) is 5.69 Å². The van der Waals surface area contributed by atoms with Crippen molar-refractivity contribution in [2.45, 2.75) is 0 Å². The van der Waals surface area contributed by atoms with Gasteiger partial charge < -0.3 is 9.80 Å². The van der Waals surface area contributed by atoms with Gasteiger partial charge in [0.25, 0.3) is 5.91 Å². The first-order chi connectivity index (χ1) is 11.3. The number of hydrogen-bond acceptors (Lipinski definition) is 4. The van der Waals surface area contributed by atoms with Crippen molar-refractivity contribution in [2.75, 3.05) is 31.1 Å². The monoisotopic (exact) mass is 307 g/mol. The van der Waals surface area contributed by atoms with Crippen LogP contribution in [-0.4, -0.2) is 52.2 Å². The zero-order valence-corrected chi connectivity index (χ0v) is 12.6. The number of H-pyrrole nitrogens is 1. The van der Waals surface area contributed by atoms with Gasteiger partial charge in [-0.05, 0) is 24.3 Å². The number of fused-ring (bicyclic) bond motifs is 1. The second kappa shape index (κ2) is 5.72. The van der Waals surface area contributed by atoms with Gasteiger partial charge >= 0.3 is 0 Å². The summed E-state index contributed by atoms with van der Waals surface area (Å²) in [7, 11) is 0. The van der Waals surface area contributed by atoms with E-state index in [4.69, 9.17) is 0 Å². The lowest BCUT2D eigenvalue weighted by Crippen LogP contribution is -2.48. The highest BCUT2D eigenvalue weighted by Gasteiger charge is 2.23. The third kappa shape index (κ3) is 2.52. The van der Waals surface area contributed by atoms with Gasteiger partial charge in [-0.3, -0.25) is 14.9 Å². The molecule has 1 N–H and O–H groups in total. The van der Waals surface area contributed by atoms with Gasteiger partial charge in [0.15, 0.2) is 0 Å². The Kier molecular flexibility index (Phi) is 3.42. The number of aromatic nitrogens is 3. The molecule has 1 aliphatic heterocycles. The minimum Gasteiger partial charge on any atom is -0.367 e. The van der Waals surface area contributed by atoms with Crippen LogP contribution in [0.15, 0.2) is 48.9 Å². The fraction of sp³-hybridized carbons (Fsp3) is 0.235. The Labute approximate surface area is 133 Å². The van der Waals surface area contributed by atoms with Gasteiger partial charge in [-0.15, -0.1) is 0 Å². The number of nitrogens with one attached hydrogen (secondary N) is 1. The number of rotatable bonds is 2. The van der Waals surface area contributed by atoms with Crippen molar-refractivity contribution in [1.29, 1.82) is 0 Å². The number of carbonyl (C=O) groups excluding carboxylic acids is 1. The first kappa shape index (κ1) is 13.8. The quantitative estimate of drug-likeness (QED) is 0.785. The van der Waals surface area contributed by atoms with Crippen LogP contribution < -0.4 is 4.90 Å². The van der Waals surface area contributed by atoms with Crippen molar-refractivity contribution in [1.82, 2.24) is 20.1 Å². The van der Waals surface area contributed by atoms with Gasteiger partial charge in [-0.2, -0.15) is 5.10 Å². The van der Waals surface area contributed by atoms with Gasteiger partial charge in [0.1, 0.15) is 0 Å². The van der Waals surface area contributed by atoms with Crippen LogP contribution in [0, 0.1) is 0 Å². The molecule has 23 heavy (non-hydrogen) atoms. The molecule has 6 heteroatoms. The van der Waals surface area contributed by atoms with E-state index < -0.39 is 0 Å². The smallest absolute Gasteiger partial charge is 0.254 e. The molecule has 0 radical (unpaired) electrons. The minimum absolute atomic E-state index is 0.0721. The highest BCUT2D eigenvalue weighted by molar-refractivity contribution is 6.06. The van der Waals surface area contributed by atoms with E-state index in [2.05, 4.69) is 26.1 Å². The lowest BCUT2D eigenvalue weighted by Gasteiger charge is -2.36. The fourth-order valence-electron chi connectivity index (χ4n) is 3.03. The molecule has 3 heterocycles. The Bertz CT molecular complexity index is 821. The summed E-state index contributed by atoms with van der Waals surface area (Å²) in [5, 5.41) is 7.82. The van der Waals surface area contributed by atoms with Crippen LogP contribution in [0.5, 0.6) is 0 Å². The molecule has 2 aromatic heterocycles. The Hall–Kier alpha value is -2.89. The first-order valence-electron chi connectivity index (χ1n) is 7.69. The van der Waals surface area contributed by atoms with Crippen molar-refractivity contribution in [2.24, 2.45) is 0 Å². The predicted octanol–water partition coefficient (Wildman–Crippen LogP) is 1.92. The Morgan fingerprint density at radius 1 is 1.04 bits per heavy atom. The van der Waals surface area contributed by atoms with E-state index in [-0.39, 0.29) is 5.91 Å². The average Bonchev–Trinajstić information content (AvgIpc) is 3.11. The molecule has 1 saturated heterocycles. The van der Waals surface area contributed by atoms with Crippen molar-refractivity contribution in [3.63, 3.8) is 0 Å². The molecule has 0 unspecified atom stereocenters. The highest BCUT2D eigenvalue weighted by atomic mass is 16.2. The molecule has 0 spiro atoms. The third-order valence-electron chi connectivity index (χ3n) is 4.29. The summed E-state index contributed by atoms with van der Waals surface area (Å²) in [6.07, 6.45) is 5.35. The Morgan fingerprint density at radius 3 is 2.70 bits per heavy atom. The topological polar surface area (TPSA) is 65.1 Å². The van der Waals surface area contributed by atoms with E-state index >= 15 is 0 Å². The van der Waals surface area contributed by atoms with E-state index in [1.165, 1.54) is 0 Å². The van der Waals surface area contributed by atoms with Crippen molar-refractivity contribution in [3.05, 3.63) is 54.5 Å². The molecule has 0 aliphatic carbocycles. The molecule has 1 fully saturated rings. The number of anilines is 1. The van der Waals surface area contributed by atoms with Crippen LogP contribution in [0.1, 0.15) is 10.4 Å². The molecule has 4 rings (SSSR count). The second-order valence-electron chi connectivity index (χ2n) is 5.63. The van der Waals surface area contributed by atoms with E-state index in [1.807, 2.05) is 35.4 Å². The summed E-state index contributed by atoms with van der Waals surface area (Å²) in [6, 6.07) is 9.68. The number of carbonyl (C=O) groups is 1. The van der Waals surface area contributed by atoms with Gasteiger partial charge in [0.2, 0.25) is 0 Å². The van der Waals surface area contributed by atoms with Gasteiger partial charge in [-0.25, -0.2) is 0 Å². The molecule has 0 bridgehead atoms. The molecule has 116 valence electrons. The number of aromatic amines is 1. The molecule has 1 aliphatic rings. The van der Waals surface area contributed by atoms with Gasteiger partial charge in [-0.1, -0.05) is 6.07 Å². The molecule has 1 amide bonds. The Morgan fingerprint density at radius 2 is 1.91 bits per heavy atom. The standard InChI is InChI=1S/C17H17N5O/c23-17(14-4-1-5-16-15(14)12-19-20-16)22-9-7-21(8-10-22)13-3-2-6-18-11-13/h1-6,11-12H,7-10H2,(H,19,20). The van der Waals surface area contributed by atoms with E-state index in [9.17, 15) is 4.79 Å². The number of benzene rings is 1. The van der Waals surface area contributed by atoms with Gasteiger partial charge in [0, 0.05) is 37.8 Å². The lowest BCUT2D eigenvalue weighted by molar-refractivity contribution is 0.0749. The summed E-state index contributed by atoms with van der Waals surface area (Å²) >= 11 is 0. The maximum absolute atomic E-state index is 12.8. The average molecular weight is 307 g/mol. The number of hydrogen-bond donors (Lipinski definition) is 1. The molecular weight excluding hydrogens is 290 g/mol. The van der Waals surface area contributed by atoms with Crippen molar-refractivity contribution >= 4 is 22.5 Å². The van der Waals surface area contributed by atoms with Crippen LogP contribution in [0.2, 0.25) is 0 Å². The molecular formula is C17H17N5O. The normalized spacial score (nSPS) is 15.1. The summed E-state index contributed by atoms with van der Waals surface area (Å²) in [4.78, 5) is 21.1. The molecule has 6 nitrogen and oxygen atoms in total. The first-order valence-corrected chi connectivity index (χ1v) is 7.69. The summed E-state index contributed by atoms with van der Waals surface area (Å²) in [5.74, 6) is 0.0721. The van der Waals surface area contributed by atoms with Gasteiger partial charge in [0.05, 0.1) is 29.2 Å². The number of piperazine rings is 1. The largest absolute Gasteiger partial charge is 0.367 e. The van der Waals surface area contributed by atoms with E-state index in [0.29, 0.717) is 18.7 Å². The third-order valence-corrected chi connectivity index (χ3v) is 4.29. The number of pyridine rings is 1. The van der Waals surface area contributed by atoms with Crippen molar-refractivity contribution < 1.29 is 4.79 Å². The molecule has 1 aromatic carbocycles. The molecule has 0 saturated carbocycles. The summed E-state index contributed by atoms with van der Waals surface area (Å²) in [5.41, 5.74) is 2.72.